The topological polar surface area (TPSA) is 59.3 Å². The molecule has 5 nitrogen and oxygen atoms in total. The average molecular weight is 269 g/mol. The van der Waals surface area contributed by atoms with Gasteiger partial charge >= 0.3 is 0 Å². The van der Waals surface area contributed by atoms with Crippen LogP contribution in [0.2, 0.25) is 0 Å². The minimum absolute atomic E-state index is 0.0556. The molecule has 1 aromatic rings. The minimum Gasteiger partial charge on any atom is -0.493 e. The normalized spacial score (nSPS) is 15.6. The van der Waals surface area contributed by atoms with E-state index in [2.05, 4.69) is 31.2 Å². The maximum absolute atomic E-state index is 10.8. The zero-order valence-corrected chi connectivity index (χ0v) is 13.1. The van der Waals surface area contributed by atoms with Gasteiger partial charge in [-0.3, -0.25) is 4.68 Å². The summed E-state index contributed by atoms with van der Waals surface area (Å²) in [5, 5.41) is 18.4. The number of aliphatic hydroxyl groups is 1. The number of aromatic nitrogens is 2. The monoisotopic (exact) mass is 269 g/mol. The lowest BCUT2D eigenvalue weighted by Crippen LogP contribution is -2.45. The van der Waals surface area contributed by atoms with Gasteiger partial charge in [0.1, 0.15) is 11.3 Å². The Morgan fingerprint density at radius 2 is 1.95 bits per heavy atom. The second-order valence-corrected chi connectivity index (χ2v) is 6.48. The third-order valence-electron chi connectivity index (χ3n) is 2.94. The summed E-state index contributed by atoms with van der Waals surface area (Å²) in [6.45, 7) is 12.5. The van der Waals surface area contributed by atoms with Gasteiger partial charge < -0.3 is 15.2 Å². The first-order valence-electron chi connectivity index (χ1n) is 6.68. The van der Waals surface area contributed by atoms with Crippen molar-refractivity contribution in [3.05, 3.63) is 11.9 Å². The maximum Gasteiger partial charge on any atom is 0.162 e. The summed E-state index contributed by atoms with van der Waals surface area (Å²) in [6.07, 6.45) is 1.65. The predicted molar refractivity (Wildman–Crippen MR) is 76.5 cm³/mol. The molecule has 5 heteroatoms. The molecule has 1 unspecified atom stereocenters. The zero-order valence-electron chi connectivity index (χ0n) is 13.1. The summed E-state index contributed by atoms with van der Waals surface area (Å²) in [5.41, 5.74) is -0.388. The van der Waals surface area contributed by atoms with Crippen LogP contribution in [0.3, 0.4) is 0 Å². The van der Waals surface area contributed by atoms with E-state index in [1.807, 2.05) is 18.5 Å². The molecule has 1 heterocycles. The highest BCUT2D eigenvalue weighted by Gasteiger charge is 2.33. The van der Waals surface area contributed by atoms with Crippen molar-refractivity contribution in [2.45, 2.75) is 58.7 Å². The van der Waals surface area contributed by atoms with E-state index in [9.17, 15) is 5.11 Å². The fraction of sp³-hybridized carbons (Fsp3) is 0.786. The van der Waals surface area contributed by atoms with Crippen molar-refractivity contribution in [3.63, 3.8) is 0 Å². The highest BCUT2D eigenvalue weighted by molar-refractivity contribution is 5.31. The van der Waals surface area contributed by atoms with Crippen molar-refractivity contribution in [2.75, 3.05) is 13.7 Å². The van der Waals surface area contributed by atoms with Crippen LogP contribution in [-0.2, 0) is 5.60 Å². The Labute approximate surface area is 116 Å². The van der Waals surface area contributed by atoms with E-state index < -0.39 is 5.60 Å². The first kappa shape index (κ1) is 16.0. The molecule has 1 rings (SSSR count). The molecule has 0 aliphatic carbocycles. The number of nitrogens with one attached hydrogen (secondary N) is 1. The number of rotatable bonds is 5. The van der Waals surface area contributed by atoms with Crippen LogP contribution in [0.5, 0.6) is 5.75 Å². The highest BCUT2D eigenvalue weighted by Crippen LogP contribution is 2.31. The van der Waals surface area contributed by atoms with Gasteiger partial charge in [-0.25, -0.2) is 0 Å². The molecular weight excluding hydrogens is 242 g/mol. The van der Waals surface area contributed by atoms with E-state index in [-0.39, 0.29) is 11.6 Å². The van der Waals surface area contributed by atoms with Crippen molar-refractivity contribution in [1.29, 1.82) is 0 Å². The Balaban J connectivity index is 3.08. The number of nitrogens with zero attached hydrogens (tertiary/aromatic N) is 2. The molecule has 1 aromatic heterocycles. The van der Waals surface area contributed by atoms with Crippen LogP contribution in [0.1, 0.15) is 53.3 Å². The van der Waals surface area contributed by atoms with E-state index in [0.29, 0.717) is 18.0 Å². The van der Waals surface area contributed by atoms with E-state index in [4.69, 9.17) is 4.74 Å². The molecule has 110 valence electrons. The average Bonchev–Trinajstić information content (AvgIpc) is 2.70. The summed E-state index contributed by atoms with van der Waals surface area (Å²) in [6, 6.07) is 0.167. The van der Waals surface area contributed by atoms with E-state index in [0.717, 1.165) is 0 Å². The van der Waals surface area contributed by atoms with E-state index >= 15 is 0 Å². The molecule has 0 amide bonds. The lowest BCUT2D eigenvalue weighted by molar-refractivity contribution is 0.0374. The van der Waals surface area contributed by atoms with Crippen LogP contribution in [-0.4, -0.2) is 34.1 Å². The first-order chi connectivity index (χ1) is 8.58. The van der Waals surface area contributed by atoms with Gasteiger partial charge in [0, 0.05) is 18.1 Å². The Kier molecular flexibility index (Phi) is 4.63. The van der Waals surface area contributed by atoms with Crippen molar-refractivity contribution in [1.82, 2.24) is 15.1 Å². The van der Waals surface area contributed by atoms with Gasteiger partial charge in [0.25, 0.3) is 0 Å². The van der Waals surface area contributed by atoms with Gasteiger partial charge in [0.15, 0.2) is 5.75 Å². The van der Waals surface area contributed by atoms with Gasteiger partial charge in [-0.05, 0) is 41.5 Å². The van der Waals surface area contributed by atoms with Gasteiger partial charge in [-0.2, -0.15) is 5.10 Å². The lowest BCUT2D eigenvalue weighted by atomic mass is 9.99. The second-order valence-electron chi connectivity index (χ2n) is 6.48. The quantitative estimate of drug-likeness (QED) is 0.859. The number of hydrogen-bond donors (Lipinski definition) is 2. The Bertz CT molecular complexity index is 417. The van der Waals surface area contributed by atoms with Gasteiger partial charge in [0.05, 0.1) is 13.3 Å². The number of ether oxygens (including phenoxy) is 1. The van der Waals surface area contributed by atoms with Crippen molar-refractivity contribution in [3.8, 4) is 5.75 Å². The van der Waals surface area contributed by atoms with Crippen LogP contribution in [0.25, 0.3) is 0 Å². The molecule has 0 spiro atoms. The largest absolute Gasteiger partial charge is 0.493 e. The van der Waals surface area contributed by atoms with E-state index in [1.165, 1.54) is 0 Å². The van der Waals surface area contributed by atoms with Gasteiger partial charge in [-0.15, -0.1) is 0 Å². The molecule has 1 atom stereocenters. The van der Waals surface area contributed by atoms with Crippen molar-refractivity contribution < 1.29 is 9.84 Å². The predicted octanol–water partition coefficient (Wildman–Crippen LogP) is 2.07. The summed E-state index contributed by atoms with van der Waals surface area (Å²) in [4.78, 5) is 0. The van der Waals surface area contributed by atoms with Crippen LogP contribution < -0.4 is 10.1 Å². The SMILES string of the molecule is COc1cnn(C(C)C)c1C(C)(O)CNC(C)(C)C. The number of methoxy groups -OCH3 is 1. The standard InChI is InChI=1S/C14H27N3O2/c1-10(2)17-12(11(19-7)8-16-17)14(6,18)9-15-13(3,4)5/h8,10,15,18H,9H2,1-7H3. The Morgan fingerprint density at radius 1 is 1.37 bits per heavy atom. The summed E-state index contributed by atoms with van der Waals surface area (Å²) < 4.78 is 7.13. The zero-order chi connectivity index (χ0) is 14.8. The van der Waals surface area contributed by atoms with Crippen molar-refractivity contribution >= 4 is 0 Å². The summed E-state index contributed by atoms with van der Waals surface area (Å²) in [5.74, 6) is 0.620. The molecule has 2 N–H and O–H groups in total. The summed E-state index contributed by atoms with van der Waals surface area (Å²) in [7, 11) is 1.60. The molecule has 19 heavy (non-hydrogen) atoms. The van der Waals surface area contributed by atoms with Gasteiger partial charge in [0.2, 0.25) is 0 Å². The molecule has 0 aromatic carbocycles. The van der Waals surface area contributed by atoms with Crippen LogP contribution in [0.4, 0.5) is 0 Å². The first-order valence-corrected chi connectivity index (χ1v) is 6.68. The van der Waals surface area contributed by atoms with Gasteiger partial charge in [-0.1, -0.05) is 0 Å². The third kappa shape index (κ3) is 3.94. The lowest BCUT2D eigenvalue weighted by Gasteiger charge is -2.31. The summed E-state index contributed by atoms with van der Waals surface area (Å²) >= 11 is 0. The Morgan fingerprint density at radius 3 is 2.37 bits per heavy atom. The molecule has 0 bridgehead atoms. The van der Waals surface area contributed by atoms with E-state index in [1.54, 1.807) is 20.2 Å². The molecule has 0 aliphatic heterocycles. The molecular formula is C14H27N3O2. The molecule has 0 fully saturated rings. The van der Waals surface area contributed by atoms with Crippen LogP contribution in [0.15, 0.2) is 6.20 Å². The van der Waals surface area contributed by atoms with Crippen molar-refractivity contribution in [2.24, 2.45) is 0 Å². The smallest absolute Gasteiger partial charge is 0.162 e. The number of hydrogen-bond acceptors (Lipinski definition) is 4. The van der Waals surface area contributed by atoms with Crippen LogP contribution >= 0.6 is 0 Å². The molecule has 0 aliphatic rings. The molecule has 0 saturated carbocycles. The fourth-order valence-electron chi connectivity index (χ4n) is 1.92. The fourth-order valence-corrected chi connectivity index (χ4v) is 1.92. The Hall–Kier alpha value is -1.07. The molecule has 0 saturated heterocycles. The highest BCUT2D eigenvalue weighted by atomic mass is 16.5. The third-order valence-corrected chi connectivity index (χ3v) is 2.94. The number of β-amino-alcohol motifs (C(OH)–C–C–N with tert-alkyl or cyclic N) is 1. The maximum atomic E-state index is 10.8. The van der Waals surface area contributed by atoms with Crippen LogP contribution in [0, 0.1) is 0 Å². The second kappa shape index (κ2) is 5.51. The minimum atomic E-state index is -1.04. The molecule has 0 radical (unpaired) electrons.